The van der Waals surface area contributed by atoms with Crippen LogP contribution in [0.2, 0.25) is 0 Å². The van der Waals surface area contributed by atoms with E-state index < -0.39 is 5.54 Å². The highest BCUT2D eigenvalue weighted by Crippen LogP contribution is 2.52. The maximum atomic E-state index is 17.0. The Morgan fingerprint density at radius 1 is 0.323 bits per heavy atom. The molecule has 5 heteroatoms. The molecule has 0 aliphatic carbocycles. The number of fused-ring (bicyclic) bond motifs is 9. The maximum absolute atomic E-state index is 17.0. The number of para-hydroxylation sites is 6. The third-order valence-corrected chi connectivity index (χ3v) is 13.0. The van der Waals surface area contributed by atoms with Gasteiger partial charge in [0, 0.05) is 71.2 Å². The minimum atomic E-state index is -0.909. The lowest BCUT2D eigenvalue weighted by atomic mass is 9.82. The van der Waals surface area contributed by atoms with Gasteiger partial charge in [-0.05, 0) is 68.4 Å². The highest BCUT2D eigenvalue weighted by molar-refractivity contribution is 6.13. The molecule has 296 valence electrons. The number of hydrogen-bond donors (Lipinski definition) is 0. The summed E-state index contributed by atoms with van der Waals surface area (Å²) in [5.41, 5.74) is 9.84. The molecule has 0 N–H and O–H groups in total. The van der Waals surface area contributed by atoms with Gasteiger partial charge in [-0.25, -0.2) is 8.78 Å². The second-order valence-electron chi connectivity index (χ2n) is 16.7. The lowest BCUT2D eigenvalue weighted by Crippen LogP contribution is -2.31. The molecule has 0 unspecified atom stereocenters. The normalized spacial score (nSPS) is 12.2. The molecule has 0 radical (unpaired) electrons. The Hall–Kier alpha value is -7.76. The van der Waals surface area contributed by atoms with Gasteiger partial charge in [-0.3, -0.25) is 0 Å². The van der Waals surface area contributed by atoms with Gasteiger partial charge in [0.2, 0.25) is 0 Å². The van der Waals surface area contributed by atoms with Gasteiger partial charge < -0.3 is 13.7 Å². The number of hydrogen-bond acceptors (Lipinski definition) is 0. The smallest absolute Gasteiger partial charge is 0.131 e. The van der Waals surface area contributed by atoms with Gasteiger partial charge in [-0.2, -0.15) is 0 Å². The molecule has 0 atom stereocenters. The Kier molecular flexibility index (Phi) is 7.94. The molecule has 0 aliphatic rings. The second kappa shape index (κ2) is 13.6. The summed E-state index contributed by atoms with van der Waals surface area (Å²) in [6.45, 7) is 4.54. The van der Waals surface area contributed by atoms with E-state index in [4.69, 9.17) is 0 Å². The summed E-state index contributed by atoms with van der Waals surface area (Å²) in [6.07, 6.45) is 0. The summed E-state index contributed by atoms with van der Waals surface area (Å²) >= 11 is 0. The van der Waals surface area contributed by atoms with Crippen LogP contribution in [0.4, 0.5) is 8.78 Å². The molecule has 0 fully saturated rings. The first-order chi connectivity index (χ1) is 30.4. The Labute approximate surface area is 356 Å². The number of halogens is 2. The molecule has 0 bridgehead atoms. The summed E-state index contributed by atoms with van der Waals surface area (Å²) in [6, 6.07) is 67.0. The van der Waals surface area contributed by atoms with Crippen molar-refractivity contribution in [3.8, 4) is 33.6 Å². The van der Waals surface area contributed by atoms with Crippen LogP contribution in [-0.2, 0) is 5.54 Å². The maximum Gasteiger partial charge on any atom is 0.131 e. The zero-order valence-corrected chi connectivity index (χ0v) is 34.2. The molecule has 0 spiro atoms. The predicted molar refractivity (Wildman–Crippen MR) is 254 cm³/mol. The quantitative estimate of drug-likeness (QED) is 0.159. The van der Waals surface area contributed by atoms with E-state index in [9.17, 15) is 0 Å². The molecular weight excluding hydrogens is 765 g/mol. The molecule has 3 aromatic heterocycles. The zero-order chi connectivity index (χ0) is 41.7. The lowest BCUT2D eigenvalue weighted by molar-refractivity contribution is 0.462. The number of aromatic nitrogens is 3. The molecule has 3 nitrogen and oxygen atoms in total. The highest BCUT2D eigenvalue weighted by atomic mass is 19.1. The van der Waals surface area contributed by atoms with Gasteiger partial charge in [0.1, 0.15) is 11.6 Å². The van der Waals surface area contributed by atoms with E-state index in [0.717, 1.165) is 82.4 Å². The van der Waals surface area contributed by atoms with Crippen LogP contribution in [-0.4, -0.2) is 13.7 Å². The highest BCUT2D eigenvalue weighted by Gasteiger charge is 2.38. The Bertz CT molecular complexity index is 3430. The Morgan fingerprint density at radius 3 is 0.935 bits per heavy atom. The summed E-state index contributed by atoms with van der Waals surface area (Å²) in [4.78, 5) is 0. The molecule has 0 amide bonds. The van der Waals surface area contributed by atoms with Gasteiger partial charge in [-0.1, -0.05) is 146 Å². The molecule has 0 saturated carbocycles. The van der Waals surface area contributed by atoms with Gasteiger partial charge in [0.15, 0.2) is 0 Å². The van der Waals surface area contributed by atoms with Crippen LogP contribution in [0.15, 0.2) is 200 Å². The van der Waals surface area contributed by atoms with Crippen molar-refractivity contribution in [3.05, 3.63) is 217 Å². The van der Waals surface area contributed by atoms with E-state index in [-0.39, 0.29) is 11.6 Å². The molecular formula is C57H39F2N3. The summed E-state index contributed by atoms with van der Waals surface area (Å²) in [7, 11) is 0. The van der Waals surface area contributed by atoms with Crippen molar-refractivity contribution in [1.29, 1.82) is 0 Å². The molecule has 12 rings (SSSR count). The van der Waals surface area contributed by atoms with Gasteiger partial charge >= 0.3 is 0 Å². The average molecular weight is 804 g/mol. The number of nitrogens with zero attached hydrogens (tertiary/aromatic N) is 3. The lowest BCUT2D eigenvalue weighted by Gasteiger charge is -2.37. The van der Waals surface area contributed by atoms with Gasteiger partial charge in [-0.15, -0.1) is 0 Å². The van der Waals surface area contributed by atoms with Crippen LogP contribution in [0.5, 0.6) is 0 Å². The first-order valence-corrected chi connectivity index (χ1v) is 21.1. The zero-order valence-electron chi connectivity index (χ0n) is 34.2. The van der Waals surface area contributed by atoms with E-state index in [1.165, 1.54) is 12.1 Å². The average Bonchev–Trinajstić information content (AvgIpc) is 3.95. The van der Waals surface area contributed by atoms with Crippen molar-refractivity contribution in [1.82, 2.24) is 13.7 Å². The molecule has 0 saturated heterocycles. The van der Waals surface area contributed by atoms with E-state index in [2.05, 4.69) is 173 Å². The topological polar surface area (TPSA) is 14.8 Å². The van der Waals surface area contributed by atoms with Gasteiger partial charge in [0.25, 0.3) is 0 Å². The van der Waals surface area contributed by atoms with Gasteiger partial charge in [0.05, 0.1) is 39.0 Å². The van der Waals surface area contributed by atoms with Crippen LogP contribution in [0.25, 0.3) is 99.0 Å². The summed E-state index contributed by atoms with van der Waals surface area (Å²) in [5, 5.41) is 6.60. The number of benzene rings is 9. The minimum Gasteiger partial charge on any atom is -0.330 e. The van der Waals surface area contributed by atoms with Crippen molar-refractivity contribution in [2.75, 3.05) is 0 Å². The van der Waals surface area contributed by atoms with Crippen LogP contribution in [0.1, 0.15) is 19.4 Å². The minimum absolute atomic E-state index is 0.362. The Balaban J connectivity index is 1.42. The van der Waals surface area contributed by atoms with E-state index in [1.807, 2.05) is 30.3 Å². The van der Waals surface area contributed by atoms with Crippen molar-refractivity contribution >= 4 is 65.4 Å². The fourth-order valence-corrected chi connectivity index (χ4v) is 10.4. The van der Waals surface area contributed by atoms with Crippen molar-refractivity contribution in [2.24, 2.45) is 0 Å². The van der Waals surface area contributed by atoms with Crippen LogP contribution < -0.4 is 0 Å². The third-order valence-electron chi connectivity index (χ3n) is 13.0. The monoisotopic (exact) mass is 803 g/mol. The van der Waals surface area contributed by atoms with Crippen LogP contribution in [0, 0.1) is 11.6 Å². The summed E-state index contributed by atoms with van der Waals surface area (Å²) in [5.74, 6) is -0.724. The van der Waals surface area contributed by atoms with Crippen molar-refractivity contribution in [2.45, 2.75) is 19.4 Å². The second-order valence-corrected chi connectivity index (χ2v) is 16.7. The van der Waals surface area contributed by atoms with E-state index in [1.54, 1.807) is 12.1 Å². The fraction of sp³-hybridized carbons (Fsp3) is 0.0526. The first kappa shape index (κ1) is 36.1. The molecule has 0 aliphatic heterocycles. The summed E-state index contributed by atoms with van der Waals surface area (Å²) < 4.78 is 41.0. The van der Waals surface area contributed by atoms with Crippen LogP contribution >= 0.6 is 0 Å². The molecule has 62 heavy (non-hydrogen) atoms. The fourth-order valence-electron chi connectivity index (χ4n) is 10.4. The standard InChI is InChI=1S/C57H39F2N3/c1-57(2,62-52-33-17-9-25-42(52)43-26-10-18-34-53(43)62)54-55(60-48-29-13-5-21-38(48)39-22-6-14-30-49(39)60)44(36-19-3-11-27-46(36)58)35-45(37-20-4-12-28-47(37)59)56(54)61-50-31-15-7-23-40(50)41-24-8-16-32-51(41)61/h3-35H,1-2H3. The van der Waals surface area contributed by atoms with E-state index in [0.29, 0.717) is 22.3 Å². The Morgan fingerprint density at radius 2 is 0.597 bits per heavy atom. The van der Waals surface area contributed by atoms with Crippen molar-refractivity contribution in [3.63, 3.8) is 0 Å². The molecule has 12 aromatic rings. The predicted octanol–water partition coefficient (Wildman–Crippen LogP) is 15.4. The van der Waals surface area contributed by atoms with E-state index >= 15 is 8.78 Å². The number of rotatable bonds is 6. The first-order valence-electron chi connectivity index (χ1n) is 21.1. The molecule has 3 heterocycles. The van der Waals surface area contributed by atoms with Crippen molar-refractivity contribution < 1.29 is 8.78 Å². The molecule has 9 aromatic carbocycles. The largest absolute Gasteiger partial charge is 0.330 e. The third kappa shape index (κ3) is 5.08. The SMILES string of the molecule is CC(C)(c1c(-n2c3ccccc3c3ccccc32)c(-c2ccccc2F)cc(-c2ccccc2F)c1-n1c2ccccc2c2ccccc21)n1c2ccccc2c2ccccc21. The van der Waals surface area contributed by atoms with Crippen LogP contribution in [0.3, 0.4) is 0 Å².